The molecule has 0 N–H and O–H groups in total. The minimum absolute atomic E-state index is 0.0205. The molecule has 0 aromatic heterocycles. The summed E-state index contributed by atoms with van der Waals surface area (Å²) in [7, 11) is 1.63. The van der Waals surface area contributed by atoms with Gasteiger partial charge in [0.1, 0.15) is 11.9 Å². The molecule has 0 radical (unpaired) electrons. The summed E-state index contributed by atoms with van der Waals surface area (Å²) >= 11 is 0. The Balaban J connectivity index is 1.97. The second-order valence-electron chi connectivity index (χ2n) is 6.40. The molecule has 1 amide bonds. The highest BCUT2D eigenvalue weighted by molar-refractivity contribution is 5.97. The molecule has 1 aromatic rings. The molecular formula is C16H19F3N2O2. The highest BCUT2D eigenvalue weighted by Gasteiger charge is 2.43. The standard InChI is InChI=1S/C16H19F3N2O2/c1-9(2)21-7-12-14(8-21)23-13-5-4-10(16(17,18)19)6-11(13)15(22)20(12)3/h4-6,9,12,14H,7-8H2,1-3H3. The van der Waals surface area contributed by atoms with Crippen molar-refractivity contribution in [3.8, 4) is 5.75 Å². The van der Waals surface area contributed by atoms with Gasteiger partial charge in [0.2, 0.25) is 0 Å². The fourth-order valence-electron chi connectivity index (χ4n) is 3.17. The van der Waals surface area contributed by atoms with Gasteiger partial charge in [-0.25, -0.2) is 0 Å². The molecule has 1 aromatic carbocycles. The van der Waals surface area contributed by atoms with Crippen molar-refractivity contribution in [1.82, 2.24) is 9.80 Å². The number of hydrogen-bond donors (Lipinski definition) is 0. The minimum Gasteiger partial charge on any atom is -0.486 e. The summed E-state index contributed by atoms with van der Waals surface area (Å²) in [6.07, 6.45) is -4.71. The molecule has 0 saturated carbocycles. The van der Waals surface area contributed by atoms with E-state index in [0.717, 1.165) is 12.1 Å². The van der Waals surface area contributed by atoms with E-state index in [0.29, 0.717) is 19.1 Å². The number of carbonyl (C=O) groups excluding carboxylic acids is 1. The number of halogens is 3. The third-order valence-corrected chi connectivity index (χ3v) is 4.63. The molecule has 2 aliphatic rings. The van der Waals surface area contributed by atoms with Crippen molar-refractivity contribution in [3.63, 3.8) is 0 Å². The van der Waals surface area contributed by atoms with Crippen molar-refractivity contribution < 1.29 is 22.7 Å². The molecule has 4 nitrogen and oxygen atoms in total. The number of ether oxygens (including phenoxy) is 1. The van der Waals surface area contributed by atoms with Crippen LogP contribution in [-0.2, 0) is 6.18 Å². The molecule has 0 spiro atoms. The Hall–Kier alpha value is -1.76. The number of nitrogens with zero attached hydrogens (tertiary/aromatic N) is 2. The van der Waals surface area contributed by atoms with Crippen molar-refractivity contribution in [2.24, 2.45) is 0 Å². The summed E-state index contributed by atoms with van der Waals surface area (Å²) in [4.78, 5) is 16.3. The first kappa shape index (κ1) is 16.1. The van der Waals surface area contributed by atoms with Crippen LogP contribution in [0, 0.1) is 0 Å². The van der Waals surface area contributed by atoms with Gasteiger partial charge in [-0.05, 0) is 32.0 Å². The van der Waals surface area contributed by atoms with Crippen LogP contribution in [0.1, 0.15) is 29.8 Å². The zero-order chi connectivity index (χ0) is 16.9. The number of alkyl halides is 3. The molecule has 2 unspecified atom stereocenters. The quantitative estimate of drug-likeness (QED) is 0.794. The summed E-state index contributed by atoms with van der Waals surface area (Å²) in [6, 6.07) is 3.26. The third-order valence-electron chi connectivity index (χ3n) is 4.63. The number of rotatable bonds is 1. The predicted octanol–water partition coefficient (Wildman–Crippen LogP) is 2.63. The molecule has 2 aliphatic heterocycles. The maximum Gasteiger partial charge on any atom is 0.416 e. The Bertz CT molecular complexity index is 630. The lowest BCUT2D eigenvalue weighted by Crippen LogP contribution is -2.44. The molecule has 0 bridgehead atoms. The molecule has 23 heavy (non-hydrogen) atoms. The summed E-state index contributed by atoms with van der Waals surface area (Å²) in [5, 5.41) is 0. The van der Waals surface area contributed by atoms with Crippen LogP contribution in [-0.4, -0.2) is 54.0 Å². The monoisotopic (exact) mass is 328 g/mol. The first-order chi connectivity index (χ1) is 10.7. The number of carbonyl (C=O) groups is 1. The van der Waals surface area contributed by atoms with E-state index < -0.39 is 17.6 Å². The first-order valence-corrected chi connectivity index (χ1v) is 7.57. The van der Waals surface area contributed by atoms with E-state index in [-0.39, 0.29) is 23.5 Å². The number of fused-ring (bicyclic) bond motifs is 2. The normalized spacial score (nSPS) is 25.2. The van der Waals surface area contributed by atoms with E-state index >= 15 is 0 Å². The fourth-order valence-corrected chi connectivity index (χ4v) is 3.17. The number of likely N-dealkylation sites (tertiary alicyclic amines) is 1. The lowest BCUT2D eigenvalue weighted by Gasteiger charge is -2.25. The Morgan fingerprint density at radius 1 is 1.26 bits per heavy atom. The van der Waals surface area contributed by atoms with Crippen molar-refractivity contribution in [2.75, 3.05) is 20.1 Å². The zero-order valence-electron chi connectivity index (χ0n) is 13.2. The maximum absolute atomic E-state index is 12.9. The number of amides is 1. The second kappa shape index (κ2) is 5.40. The van der Waals surface area contributed by atoms with Crippen LogP contribution < -0.4 is 4.74 Å². The van der Waals surface area contributed by atoms with Crippen molar-refractivity contribution in [2.45, 2.75) is 38.2 Å². The Labute approximate surface area is 132 Å². The summed E-state index contributed by atoms with van der Waals surface area (Å²) in [5.41, 5.74) is -0.856. The van der Waals surface area contributed by atoms with Crippen LogP contribution >= 0.6 is 0 Å². The SMILES string of the molecule is CC(C)N1CC2Oc3ccc(C(F)(F)F)cc3C(=O)N(C)C2C1. The molecule has 1 fully saturated rings. The van der Waals surface area contributed by atoms with Gasteiger partial charge in [0, 0.05) is 26.2 Å². The molecular weight excluding hydrogens is 309 g/mol. The molecule has 0 aliphatic carbocycles. The predicted molar refractivity (Wildman–Crippen MR) is 78.5 cm³/mol. The lowest BCUT2D eigenvalue weighted by molar-refractivity contribution is -0.137. The van der Waals surface area contributed by atoms with Gasteiger partial charge in [0.05, 0.1) is 17.2 Å². The van der Waals surface area contributed by atoms with Crippen molar-refractivity contribution in [3.05, 3.63) is 29.3 Å². The summed E-state index contributed by atoms with van der Waals surface area (Å²) < 4.78 is 44.5. The van der Waals surface area contributed by atoms with Gasteiger partial charge in [-0.15, -0.1) is 0 Å². The molecule has 3 rings (SSSR count). The Morgan fingerprint density at radius 3 is 2.57 bits per heavy atom. The zero-order valence-corrected chi connectivity index (χ0v) is 13.2. The number of likely N-dealkylation sites (N-methyl/N-ethyl adjacent to an activating group) is 1. The minimum atomic E-state index is -4.48. The van der Waals surface area contributed by atoms with Crippen LogP contribution in [0.15, 0.2) is 18.2 Å². The van der Waals surface area contributed by atoms with Crippen LogP contribution in [0.25, 0.3) is 0 Å². The topological polar surface area (TPSA) is 32.8 Å². The van der Waals surface area contributed by atoms with Crippen LogP contribution in [0.4, 0.5) is 13.2 Å². The highest BCUT2D eigenvalue weighted by Crippen LogP contribution is 2.36. The largest absolute Gasteiger partial charge is 0.486 e. The van der Waals surface area contributed by atoms with Gasteiger partial charge < -0.3 is 9.64 Å². The summed E-state index contributed by atoms with van der Waals surface area (Å²) in [5.74, 6) is -0.197. The van der Waals surface area contributed by atoms with Crippen LogP contribution in [0.5, 0.6) is 5.75 Å². The van der Waals surface area contributed by atoms with Gasteiger partial charge in [-0.1, -0.05) is 0 Å². The molecule has 7 heteroatoms. The van der Waals surface area contributed by atoms with E-state index in [9.17, 15) is 18.0 Å². The van der Waals surface area contributed by atoms with Crippen molar-refractivity contribution >= 4 is 5.91 Å². The number of hydrogen-bond acceptors (Lipinski definition) is 3. The van der Waals surface area contributed by atoms with Gasteiger partial charge in [0.25, 0.3) is 5.91 Å². The first-order valence-electron chi connectivity index (χ1n) is 7.57. The van der Waals surface area contributed by atoms with E-state index in [1.165, 1.54) is 11.0 Å². The van der Waals surface area contributed by atoms with Crippen molar-refractivity contribution in [1.29, 1.82) is 0 Å². The summed E-state index contributed by atoms with van der Waals surface area (Å²) in [6.45, 7) is 5.44. The van der Waals surface area contributed by atoms with E-state index in [1.54, 1.807) is 7.05 Å². The maximum atomic E-state index is 12.9. The Kier molecular flexibility index (Phi) is 3.78. The smallest absolute Gasteiger partial charge is 0.416 e. The van der Waals surface area contributed by atoms with Gasteiger partial charge >= 0.3 is 6.18 Å². The third kappa shape index (κ3) is 2.78. The van der Waals surface area contributed by atoms with Crippen LogP contribution in [0.2, 0.25) is 0 Å². The highest BCUT2D eigenvalue weighted by atomic mass is 19.4. The van der Waals surface area contributed by atoms with Gasteiger partial charge in [-0.3, -0.25) is 9.69 Å². The van der Waals surface area contributed by atoms with Crippen LogP contribution in [0.3, 0.4) is 0 Å². The van der Waals surface area contributed by atoms with E-state index in [1.807, 2.05) is 0 Å². The Morgan fingerprint density at radius 2 is 1.96 bits per heavy atom. The van der Waals surface area contributed by atoms with E-state index in [2.05, 4.69) is 18.7 Å². The second-order valence-corrected chi connectivity index (χ2v) is 6.40. The van der Waals surface area contributed by atoms with E-state index in [4.69, 9.17) is 4.74 Å². The molecule has 126 valence electrons. The molecule has 2 atom stereocenters. The molecule has 2 heterocycles. The van der Waals surface area contributed by atoms with Gasteiger partial charge in [0.15, 0.2) is 0 Å². The van der Waals surface area contributed by atoms with Gasteiger partial charge in [-0.2, -0.15) is 13.2 Å². The average molecular weight is 328 g/mol. The lowest BCUT2D eigenvalue weighted by atomic mass is 10.1. The fraction of sp³-hybridized carbons (Fsp3) is 0.562. The average Bonchev–Trinajstić information content (AvgIpc) is 2.85. The number of benzene rings is 1. The molecule has 1 saturated heterocycles.